The van der Waals surface area contributed by atoms with Gasteiger partial charge in [-0.25, -0.2) is 14.8 Å². The third-order valence-electron chi connectivity index (χ3n) is 3.58. The van der Waals surface area contributed by atoms with Crippen LogP contribution in [0, 0.1) is 6.92 Å². The Bertz CT molecular complexity index is 1070. The molecule has 114 valence electrons. The smallest absolute Gasteiger partial charge is 0.336 e. The summed E-state index contributed by atoms with van der Waals surface area (Å²) >= 11 is 1.53. The molecule has 0 radical (unpaired) electrons. The second-order valence-corrected chi connectivity index (χ2v) is 6.09. The molecule has 0 saturated heterocycles. The molecule has 0 saturated carbocycles. The normalized spacial score (nSPS) is 11.2. The van der Waals surface area contributed by atoms with Gasteiger partial charge < -0.3 is 9.15 Å². The van der Waals surface area contributed by atoms with Gasteiger partial charge in [0.15, 0.2) is 0 Å². The van der Waals surface area contributed by atoms with Crippen LogP contribution in [-0.2, 0) is 6.61 Å². The van der Waals surface area contributed by atoms with E-state index in [0.717, 1.165) is 26.7 Å². The van der Waals surface area contributed by atoms with Gasteiger partial charge in [-0.3, -0.25) is 0 Å². The molecule has 0 aliphatic heterocycles. The van der Waals surface area contributed by atoms with Crippen LogP contribution in [0.2, 0.25) is 0 Å². The van der Waals surface area contributed by atoms with Crippen LogP contribution in [-0.4, -0.2) is 9.97 Å². The molecule has 0 N–H and O–H groups in total. The first-order valence-corrected chi connectivity index (χ1v) is 7.93. The standard InChI is InChI=1S/C17H12N2O3S/c1-10-2-3-12-11(7-15(20)22-14(12)6-10)8-21-16-13-4-5-23-17(13)19-9-18-16/h2-7,9H,8H2,1H3. The number of rotatable bonds is 3. The van der Waals surface area contributed by atoms with Gasteiger partial charge in [0.2, 0.25) is 5.88 Å². The molecule has 0 atom stereocenters. The monoisotopic (exact) mass is 324 g/mol. The molecule has 0 aliphatic carbocycles. The number of benzene rings is 1. The van der Waals surface area contributed by atoms with E-state index in [9.17, 15) is 4.79 Å². The molecule has 0 fully saturated rings. The topological polar surface area (TPSA) is 65.2 Å². The molecule has 0 unspecified atom stereocenters. The Balaban J connectivity index is 1.73. The van der Waals surface area contributed by atoms with Crippen LogP contribution in [0.25, 0.3) is 21.2 Å². The Hall–Kier alpha value is -2.73. The third-order valence-corrected chi connectivity index (χ3v) is 4.40. The van der Waals surface area contributed by atoms with Crippen molar-refractivity contribution in [2.75, 3.05) is 0 Å². The molecule has 23 heavy (non-hydrogen) atoms. The molecule has 5 nitrogen and oxygen atoms in total. The van der Waals surface area contributed by atoms with Gasteiger partial charge >= 0.3 is 5.63 Å². The number of ether oxygens (including phenoxy) is 1. The fourth-order valence-corrected chi connectivity index (χ4v) is 3.21. The van der Waals surface area contributed by atoms with Crippen molar-refractivity contribution in [2.24, 2.45) is 0 Å². The third kappa shape index (κ3) is 2.57. The summed E-state index contributed by atoms with van der Waals surface area (Å²) in [6, 6.07) is 9.15. The van der Waals surface area contributed by atoms with Crippen molar-refractivity contribution in [2.45, 2.75) is 13.5 Å². The summed E-state index contributed by atoms with van der Waals surface area (Å²) in [5, 5.41) is 3.69. The van der Waals surface area contributed by atoms with E-state index in [0.29, 0.717) is 11.5 Å². The molecule has 3 aromatic heterocycles. The van der Waals surface area contributed by atoms with Crippen molar-refractivity contribution < 1.29 is 9.15 Å². The zero-order valence-corrected chi connectivity index (χ0v) is 13.1. The lowest BCUT2D eigenvalue weighted by molar-refractivity contribution is 0.298. The van der Waals surface area contributed by atoms with Crippen LogP contribution in [0.15, 0.2) is 51.3 Å². The number of nitrogens with zero attached hydrogens (tertiary/aromatic N) is 2. The number of fused-ring (bicyclic) bond motifs is 2. The van der Waals surface area contributed by atoms with E-state index in [2.05, 4.69) is 9.97 Å². The van der Waals surface area contributed by atoms with Crippen molar-refractivity contribution in [3.05, 3.63) is 63.6 Å². The molecule has 6 heteroatoms. The van der Waals surface area contributed by atoms with Crippen molar-refractivity contribution in [1.82, 2.24) is 9.97 Å². The van der Waals surface area contributed by atoms with Crippen LogP contribution in [0.3, 0.4) is 0 Å². The zero-order valence-electron chi connectivity index (χ0n) is 12.3. The average molecular weight is 324 g/mol. The second-order valence-electron chi connectivity index (χ2n) is 5.20. The molecule has 0 spiro atoms. The minimum absolute atomic E-state index is 0.243. The molecule has 0 amide bonds. The Morgan fingerprint density at radius 2 is 2.09 bits per heavy atom. The van der Waals surface area contributed by atoms with E-state index in [1.807, 2.05) is 36.6 Å². The molecule has 4 aromatic rings. The molecular weight excluding hydrogens is 312 g/mol. The zero-order chi connectivity index (χ0) is 15.8. The first-order valence-electron chi connectivity index (χ1n) is 7.05. The molecule has 1 aromatic carbocycles. The van der Waals surface area contributed by atoms with E-state index >= 15 is 0 Å². The highest BCUT2D eigenvalue weighted by Crippen LogP contribution is 2.27. The Kier molecular flexibility index (Phi) is 3.31. The molecule has 0 aliphatic rings. The highest BCUT2D eigenvalue weighted by Gasteiger charge is 2.10. The number of hydrogen-bond acceptors (Lipinski definition) is 6. The maximum atomic E-state index is 11.8. The summed E-state index contributed by atoms with van der Waals surface area (Å²) in [6.45, 7) is 2.20. The predicted molar refractivity (Wildman–Crippen MR) is 89.0 cm³/mol. The van der Waals surface area contributed by atoms with Gasteiger partial charge in [0.1, 0.15) is 23.3 Å². The fraction of sp³-hybridized carbons (Fsp3) is 0.118. The second kappa shape index (κ2) is 5.48. The van der Waals surface area contributed by atoms with Gasteiger partial charge in [-0.05, 0) is 30.0 Å². The van der Waals surface area contributed by atoms with Gasteiger partial charge in [0.05, 0.1) is 5.39 Å². The SMILES string of the molecule is Cc1ccc2c(COc3ncnc4sccc34)cc(=O)oc2c1. The minimum Gasteiger partial charge on any atom is -0.472 e. The predicted octanol–water partition coefficient (Wildman–Crippen LogP) is 3.69. The van der Waals surface area contributed by atoms with Crippen molar-refractivity contribution in [3.63, 3.8) is 0 Å². The highest BCUT2D eigenvalue weighted by atomic mass is 32.1. The summed E-state index contributed by atoms with van der Waals surface area (Å²) in [7, 11) is 0. The average Bonchev–Trinajstić information content (AvgIpc) is 3.01. The highest BCUT2D eigenvalue weighted by molar-refractivity contribution is 7.16. The minimum atomic E-state index is -0.384. The van der Waals surface area contributed by atoms with Crippen LogP contribution < -0.4 is 10.4 Å². The van der Waals surface area contributed by atoms with E-state index < -0.39 is 0 Å². The Labute approximate surface area is 135 Å². The quantitative estimate of drug-likeness (QED) is 0.538. The maximum Gasteiger partial charge on any atom is 0.336 e. The Morgan fingerprint density at radius 1 is 1.17 bits per heavy atom. The number of thiophene rings is 1. The largest absolute Gasteiger partial charge is 0.472 e. The molecule has 3 heterocycles. The summed E-state index contributed by atoms with van der Waals surface area (Å²) in [5.41, 5.74) is 2.00. The first-order chi connectivity index (χ1) is 11.2. The van der Waals surface area contributed by atoms with E-state index in [1.165, 1.54) is 23.7 Å². The molecule has 0 bridgehead atoms. The van der Waals surface area contributed by atoms with Crippen LogP contribution in [0.1, 0.15) is 11.1 Å². The van der Waals surface area contributed by atoms with Gasteiger partial charge in [0, 0.05) is 17.0 Å². The lowest BCUT2D eigenvalue weighted by Gasteiger charge is -2.08. The Morgan fingerprint density at radius 3 is 3.00 bits per heavy atom. The van der Waals surface area contributed by atoms with E-state index in [-0.39, 0.29) is 12.2 Å². The van der Waals surface area contributed by atoms with Gasteiger partial charge in [-0.15, -0.1) is 11.3 Å². The van der Waals surface area contributed by atoms with Crippen molar-refractivity contribution in [3.8, 4) is 5.88 Å². The number of aryl methyl sites for hydroxylation is 1. The van der Waals surface area contributed by atoms with Crippen LogP contribution in [0.5, 0.6) is 5.88 Å². The molecular formula is C17H12N2O3S. The van der Waals surface area contributed by atoms with Gasteiger partial charge in [0.25, 0.3) is 0 Å². The van der Waals surface area contributed by atoms with Crippen LogP contribution >= 0.6 is 11.3 Å². The number of aromatic nitrogens is 2. The summed E-state index contributed by atoms with van der Waals surface area (Å²) in [5.74, 6) is 0.518. The number of hydrogen-bond donors (Lipinski definition) is 0. The van der Waals surface area contributed by atoms with Gasteiger partial charge in [-0.1, -0.05) is 12.1 Å². The lowest BCUT2D eigenvalue weighted by atomic mass is 10.1. The summed E-state index contributed by atoms with van der Waals surface area (Å²) in [4.78, 5) is 21.0. The maximum absolute atomic E-state index is 11.8. The van der Waals surface area contributed by atoms with E-state index in [4.69, 9.17) is 9.15 Å². The molecule has 4 rings (SSSR count). The van der Waals surface area contributed by atoms with Crippen molar-refractivity contribution in [1.29, 1.82) is 0 Å². The fourth-order valence-electron chi connectivity index (χ4n) is 2.48. The van der Waals surface area contributed by atoms with Crippen LogP contribution in [0.4, 0.5) is 0 Å². The summed E-state index contributed by atoms with van der Waals surface area (Å²) in [6.07, 6.45) is 1.48. The summed E-state index contributed by atoms with van der Waals surface area (Å²) < 4.78 is 11.1. The van der Waals surface area contributed by atoms with E-state index in [1.54, 1.807) is 0 Å². The first kappa shape index (κ1) is 13.9. The van der Waals surface area contributed by atoms with Gasteiger partial charge in [-0.2, -0.15) is 0 Å². The lowest BCUT2D eigenvalue weighted by Crippen LogP contribution is -2.05. The van der Waals surface area contributed by atoms with Crippen molar-refractivity contribution >= 4 is 32.5 Å².